The van der Waals surface area contributed by atoms with Gasteiger partial charge in [0.1, 0.15) is 30.8 Å². The number of phosphoric ester groups is 2. The van der Waals surface area contributed by atoms with Gasteiger partial charge in [-0.05, 0) is 6.92 Å². The molecule has 23 heteroatoms. The SMILES string of the molecule is Cc1cn(C2CC(O)C(COP(=O)(O)OC3CC(n4cnc5c(=O)[nH]c(N)nc54)OC3COP(=O)(O)O)O2)c(=O)[nH]c1=O. The van der Waals surface area contributed by atoms with Crippen LogP contribution in [0.1, 0.15) is 30.9 Å². The second-order valence-corrected chi connectivity index (χ2v) is 12.4. The summed E-state index contributed by atoms with van der Waals surface area (Å²) in [6, 6.07) is 0. The number of nitrogens with one attached hydrogen (secondary N) is 2. The Morgan fingerprint density at radius 3 is 2.42 bits per heavy atom. The number of H-pyrrole nitrogens is 2. The number of imidazole rings is 1. The number of nitrogens with zero attached hydrogens (tertiary/aromatic N) is 4. The van der Waals surface area contributed by atoms with Crippen LogP contribution in [0.5, 0.6) is 0 Å². The van der Waals surface area contributed by atoms with E-state index in [1.165, 1.54) is 24.0 Å². The van der Waals surface area contributed by atoms with Crippen LogP contribution in [0.2, 0.25) is 0 Å². The van der Waals surface area contributed by atoms with Crippen LogP contribution in [-0.2, 0) is 32.2 Å². The van der Waals surface area contributed by atoms with Crippen LogP contribution in [0.4, 0.5) is 5.95 Å². The number of nitrogens with two attached hydrogens (primary N) is 1. The number of nitrogen functional groups attached to an aromatic ring is 1. The highest BCUT2D eigenvalue weighted by Crippen LogP contribution is 2.50. The second kappa shape index (κ2) is 11.8. The number of hydrogen-bond donors (Lipinski definition) is 7. The molecule has 2 fully saturated rings. The van der Waals surface area contributed by atoms with Crippen molar-refractivity contribution in [3.8, 4) is 0 Å². The molecule has 0 bridgehead atoms. The van der Waals surface area contributed by atoms with Crippen molar-refractivity contribution in [2.45, 2.75) is 56.6 Å². The highest BCUT2D eigenvalue weighted by atomic mass is 31.2. The Morgan fingerprint density at radius 2 is 1.70 bits per heavy atom. The van der Waals surface area contributed by atoms with Gasteiger partial charge in [-0.3, -0.25) is 42.3 Å². The number of phosphoric acid groups is 2. The van der Waals surface area contributed by atoms with Gasteiger partial charge >= 0.3 is 21.3 Å². The number of aromatic amines is 2. The summed E-state index contributed by atoms with van der Waals surface area (Å²) < 4.78 is 52.7. The van der Waals surface area contributed by atoms with Crippen LogP contribution in [0.25, 0.3) is 11.2 Å². The molecule has 0 radical (unpaired) electrons. The van der Waals surface area contributed by atoms with Gasteiger partial charge in [0, 0.05) is 24.6 Å². The molecule has 21 nitrogen and oxygen atoms in total. The summed E-state index contributed by atoms with van der Waals surface area (Å²) in [5.74, 6) is -0.223. The van der Waals surface area contributed by atoms with E-state index in [9.17, 15) is 33.5 Å². The number of fused-ring (bicyclic) bond motifs is 1. The Labute approximate surface area is 239 Å². The number of anilines is 1. The minimum absolute atomic E-state index is 0.00343. The Bertz CT molecular complexity index is 1780. The molecule has 2 aliphatic heterocycles. The predicted molar refractivity (Wildman–Crippen MR) is 140 cm³/mol. The van der Waals surface area contributed by atoms with Crippen molar-refractivity contribution in [1.29, 1.82) is 0 Å². The molecule has 43 heavy (non-hydrogen) atoms. The summed E-state index contributed by atoms with van der Waals surface area (Å²) in [5.41, 5.74) is 3.74. The Morgan fingerprint density at radius 1 is 1.02 bits per heavy atom. The molecule has 3 aromatic heterocycles. The first-order valence-corrected chi connectivity index (χ1v) is 15.5. The summed E-state index contributed by atoms with van der Waals surface area (Å²) in [6.07, 6.45) is -5.04. The van der Waals surface area contributed by atoms with Crippen LogP contribution >= 0.6 is 15.6 Å². The molecule has 2 aliphatic rings. The molecule has 7 atom stereocenters. The van der Waals surface area contributed by atoms with Crippen molar-refractivity contribution in [1.82, 2.24) is 29.1 Å². The molecule has 2 saturated heterocycles. The van der Waals surface area contributed by atoms with E-state index in [-0.39, 0.29) is 35.5 Å². The van der Waals surface area contributed by atoms with E-state index in [4.69, 9.17) is 34.0 Å². The van der Waals surface area contributed by atoms with Crippen LogP contribution in [0.3, 0.4) is 0 Å². The van der Waals surface area contributed by atoms with Gasteiger partial charge in [-0.1, -0.05) is 0 Å². The second-order valence-electron chi connectivity index (χ2n) is 9.75. The molecule has 0 spiro atoms. The number of rotatable bonds is 10. The van der Waals surface area contributed by atoms with Gasteiger partial charge in [0.2, 0.25) is 5.95 Å². The predicted octanol–water partition coefficient (Wildman–Crippen LogP) is -1.89. The number of ether oxygens (including phenoxy) is 2. The van der Waals surface area contributed by atoms with Gasteiger partial charge in [-0.2, -0.15) is 4.98 Å². The van der Waals surface area contributed by atoms with Crippen molar-refractivity contribution in [2.24, 2.45) is 0 Å². The first-order valence-electron chi connectivity index (χ1n) is 12.5. The lowest BCUT2D eigenvalue weighted by molar-refractivity contribution is -0.0562. The van der Waals surface area contributed by atoms with E-state index < -0.39 is 82.5 Å². The molecular formula is C20H27N7O14P2. The monoisotopic (exact) mass is 651 g/mol. The Kier molecular flexibility index (Phi) is 8.60. The number of aliphatic hydroxyl groups excluding tert-OH is 1. The van der Waals surface area contributed by atoms with E-state index >= 15 is 0 Å². The third-order valence-electron chi connectivity index (χ3n) is 6.68. The number of aryl methyl sites for hydroxylation is 1. The molecule has 5 heterocycles. The third kappa shape index (κ3) is 7.03. The summed E-state index contributed by atoms with van der Waals surface area (Å²) in [6.45, 7) is 0.0333. The topological polar surface area (TPSA) is 306 Å². The molecule has 8 N–H and O–H groups in total. The zero-order valence-electron chi connectivity index (χ0n) is 22.1. The number of hydrogen-bond acceptors (Lipinski definition) is 14. The minimum Gasteiger partial charge on any atom is -0.390 e. The molecule has 0 aliphatic carbocycles. The highest BCUT2D eigenvalue weighted by molar-refractivity contribution is 7.47. The molecule has 3 aromatic rings. The average Bonchev–Trinajstić information content (AvgIpc) is 3.60. The molecule has 5 rings (SSSR count). The summed E-state index contributed by atoms with van der Waals surface area (Å²) >= 11 is 0. The Hall–Kier alpha value is -3.07. The van der Waals surface area contributed by atoms with E-state index in [0.717, 1.165) is 4.57 Å². The van der Waals surface area contributed by atoms with Crippen LogP contribution < -0.4 is 22.5 Å². The summed E-state index contributed by atoms with van der Waals surface area (Å²) in [5, 5.41) is 10.4. The first-order chi connectivity index (χ1) is 20.1. The molecular weight excluding hydrogens is 624 g/mol. The van der Waals surface area contributed by atoms with E-state index in [1.807, 2.05) is 0 Å². The van der Waals surface area contributed by atoms with Gasteiger partial charge < -0.3 is 35.0 Å². The van der Waals surface area contributed by atoms with Crippen LogP contribution in [0.15, 0.2) is 26.9 Å². The molecule has 0 saturated carbocycles. The van der Waals surface area contributed by atoms with Gasteiger partial charge in [-0.15, -0.1) is 0 Å². The lowest BCUT2D eigenvalue weighted by Gasteiger charge is -2.22. The third-order valence-corrected chi connectivity index (χ3v) is 8.18. The highest BCUT2D eigenvalue weighted by Gasteiger charge is 2.44. The van der Waals surface area contributed by atoms with E-state index in [2.05, 4.69) is 24.5 Å². The quantitative estimate of drug-likeness (QED) is 0.118. The van der Waals surface area contributed by atoms with Crippen molar-refractivity contribution >= 4 is 32.8 Å². The fourth-order valence-corrected chi connectivity index (χ4v) is 5.96. The standard InChI is InChI=1S/C20H27N7O14P2/c1-8-4-26(20(31)25-17(8)29)13-2-9(28)11(39-13)5-38-43(35,36)41-10-3-14(40-12(10)6-37-42(32,33)34)27-7-22-15-16(27)23-19(21)24-18(15)30/h4,7,9-14,28H,2-3,5-6H2,1H3,(H,35,36)(H,25,29,31)(H2,32,33,34)(H3,21,23,24,30). The van der Waals surface area contributed by atoms with Crippen molar-refractivity contribution in [2.75, 3.05) is 18.9 Å². The van der Waals surface area contributed by atoms with Crippen molar-refractivity contribution in [3.05, 3.63) is 49.3 Å². The maximum absolute atomic E-state index is 12.9. The lowest BCUT2D eigenvalue weighted by atomic mass is 10.2. The van der Waals surface area contributed by atoms with Gasteiger partial charge in [0.25, 0.3) is 11.1 Å². The van der Waals surface area contributed by atoms with Crippen molar-refractivity contribution < 1.29 is 52.0 Å². The minimum atomic E-state index is -4.98. The molecule has 7 unspecified atom stereocenters. The molecule has 0 amide bonds. The Balaban J connectivity index is 1.28. The maximum atomic E-state index is 12.9. The maximum Gasteiger partial charge on any atom is 0.472 e. The van der Waals surface area contributed by atoms with Crippen LogP contribution in [0, 0.1) is 6.92 Å². The summed E-state index contributed by atoms with van der Waals surface area (Å²) in [4.78, 5) is 77.1. The molecule has 236 valence electrons. The average molecular weight is 651 g/mol. The van der Waals surface area contributed by atoms with Gasteiger partial charge in [0.15, 0.2) is 11.2 Å². The lowest BCUT2D eigenvalue weighted by Crippen LogP contribution is -2.33. The van der Waals surface area contributed by atoms with Crippen molar-refractivity contribution in [3.63, 3.8) is 0 Å². The van der Waals surface area contributed by atoms with Gasteiger partial charge in [0.05, 0.1) is 25.6 Å². The number of aliphatic hydroxyl groups is 1. The van der Waals surface area contributed by atoms with E-state index in [1.54, 1.807) is 0 Å². The van der Waals surface area contributed by atoms with Gasteiger partial charge in [-0.25, -0.2) is 18.9 Å². The normalized spacial score (nSPS) is 27.6. The smallest absolute Gasteiger partial charge is 0.390 e. The summed E-state index contributed by atoms with van der Waals surface area (Å²) in [7, 11) is -9.94. The largest absolute Gasteiger partial charge is 0.472 e. The van der Waals surface area contributed by atoms with Crippen LogP contribution in [-0.4, -0.2) is 86.5 Å². The zero-order valence-corrected chi connectivity index (χ0v) is 23.9. The first kappa shape index (κ1) is 31.4. The molecule has 0 aromatic carbocycles. The fourth-order valence-electron chi connectivity index (χ4n) is 4.66. The number of aromatic nitrogens is 6. The fraction of sp³-hybridized carbons (Fsp3) is 0.550. The van der Waals surface area contributed by atoms with E-state index in [0.29, 0.717) is 0 Å². The zero-order chi connectivity index (χ0) is 31.3.